The molecule has 14 heavy (non-hydrogen) atoms. The highest BCUT2D eigenvalue weighted by molar-refractivity contribution is 5.79. The Labute approximate surface area is 83.8 Å². The summed E-state index contributed by atoms with van der Waals surface area (Å²) < 4.78 is 10.3. The molecule has 1 heterocycles. The molecule has 78 valence electrons. The van der Waals surface area contributed by atoms with E-state index in [0.29, 0.717) is 0 Å². The molecule has 1 aliphatic heterocycles. The lowest BCUT2D eigenvalue weighted by molar-refractivity contribution is -0.142. The van der Waals surface area contributed by atoms with E-state index in [2.05, 4.69) is 0 Å². The number of carbonyl (C=O) groups is 1. The van der Waals surface area contributed by atoms with Crippen LogP contribution in [0.2, 0.25) is 0 Å². The molecule has 0 aromatic rings. The van der Waals surface area contributed by atoms with Gasteiger partial charge in [0.05, 0.1) is 7.11 Å². The normalized spacial score (nSPS) is 49.4. The van der Waals surface area contributed by atoms with Crippen molar-refractivity contribution in [3.05, 3.63) is 0 Å². The van der Waals surface area contributed by atoms with E-state index in [1.165, 1.54) is 26.4 Å². The number of esters is 1. The fourth-order valence-electron chi connectivity index (χ4n) is 3.49. The molecule has 0 aromatic heterocycles. The van der Waals surface area contributed by atoms with Gasteiger partial charge >= 0.3 is 5.97 Å². The molecule has 0 radical (unpaired) electrons. The minimum Gasteiger partial charge on any atom is -0.467 e. The van der Waals surface area contributed by atoms with Gasteiger partial charge in [-0.15, -0.1) is 0 Å². The van der Waals surface area contributed by atoms with E-state index in [4.69, 9.17) is 9.47 Å². The van der Waals surface area contributed by atoms with Crippen molar-refractivity contribution in [2.24, 2.45) is 11.8 Å². The average Bonchev–Trinajstić information content (AvgIpc) is 2.75. The lowest BCUT2D eigenvalue weighted by Crippen LogP contribution is -2.29. The fourth-order valence-corrected chi connectivity index (χ4v) is 3.49. The molecule has 3 aliphatic rings. The summed E-state index contributed by atoms with van der Waals surface area (Å²) in [5.74, 6) is 1.44. The van der Waals surface area contributed by atoms with Crippen molar-refractivity contribution in [2.75, 3.05) is 7.11 Å². The van der Waals surface area contributed by atoms with Gasteiger partial charge in [0.1, 0.15) is 5.60 Å². The summed E-state index contributed by atoms with van der Waals surface area (Å²) >= 11 is 0. The van der Waals surface area contributed by atoms with E-state index >= 15 is 0 Å². The van der Waals surface area contributed by atoms with E-state index in [0.717, 1.165) is 24.7 Å². The van der Waals surface area contributed by atoms with E-state index in [1.54, 1.807) is 0 Å². The van der Waals surface area contributed by atoms with Gasteiger partial charge in [-0.2, -0.15) is 0 Å². The SMILES string of the molecule is COC(=O)C1OC12C[C@@H]1CC[C@@H](C1)C2. The minimum atomic E-state index is -0.240. The quantitative estimate of drug-likeness (QED) is 0.471. The Balaban J connectivity index is 1.73. The molecule has 2 saturated carbocycles. The van der Waals surface area contributed by atoms with Gasteiger partial charge in [0, 0.05) is 0 Å². The Hall–Kier alpha value is -0.570. The van der Waals surface area contributed by atoms with Crippen molar-refractivity contribution < 1.29 is 14.3 Å². The zero-order valence-corrected chi connectivity index (χ0v) is 8.49. The zero-order chi connectivity index (χ0) is 9.76. The monoisotopic (exact) mass is 196 g/mol. The maximum Gasteiger partial charge on any atom is 0.338 e. The molecular weight excluding hydrogens is 180 g/mol. The minimum absolute atomic E-state index is 0.100. The second-order valence-corrected chi connectivity index (χ2v) is 5.04. The second-order valence-electron chi connectivity index (χ2n) is 5.04. The number of hydrogen-bond acceptors (Lipinski definition) is 3. The largest absolute Gasteiger partial charge is 0.467 e. The lowest BCUT2D eigenvalue weighted by atomic mass is 9.79. The third-order valence-corrected chi connectivity index (χ3v) is 4.11. The molecule has 0 N–H and O–H groups in total. The van der Waals surface area contributed by atoms with Crippen molar-refractivity contribution in [2.45, 2.75) is 43.8 Å². The molecule has 3 fully saturated rings. The molecule has 2 aliphatic carbocycles. The van der Waals surface area contributed by atoms with Crippen LogP contribution < -0.4 is 0 Å². The third kappa shape index (κ3) is 1.11. The van der Waals surface area contributed by atoms with Gasteiger partial charge in [-0.05, 0) is 31.1 Å². The summed E-state index contributed by atoms with van der Waals surface area (Å²) in [5.41, 5.74) is -0.100. The Kier molecular flexibility index (Phi) is 1.69. The number of rotatable bonds is 1. The van der Waals surface area contributed by atoms with Crippen LogP contribution in [-0.2, 0) is 14.3 Å². The van der Waals surface area contributed by atoms with E-state index in [9.17, 15) is 4.79 Å². The standard InChI is InChI=1S/C11H16O3/c1-13-10(12)9-11(14-9)5-7-2-3-8(4-7)6-11/h7-9H,2-6H2,1H3/t7-,8+,9?,11?. The first-order valence-corrected chi connectivity index (χ1v) is 5.49. The summed E-state index contributed by atoms with van der Waals surface area (Å²) in [4.78, 5) is 11.3. The number of fused-ring (bicyclic) bond motifs is 2. The first kappa shape index (κ1) is 8.72. The van der Waals surface area contributed by atoms with Crippen LogP contribution in [0.15, 0.2) is 0 Å². The molecule has 3 nitrogen and oxygen atoms in total. The van der Waals surface area contributed by atoms with E-state index in [-0.39, 0.29) is 17.7 Å². The van der Waals surface area contributed by atoms with Crippen LogP contribution in [0.4, 0.5) is 0 Å². The van der Waals surface area contributed by atoms with Crippen LogP contribution in [0.5, 0.6) is 0 Å². The van der Waals surface area contributed by atoms with Crippen LogP contribution in [0.25, 0.3) is 0 Å². The van der Waals surface area contributed by atoms with Gasteiger partial charge in [0.25, 0.3) is 0 Å². The first-order valence-electron chi connectivity index (χ1n) is 5.49. The fraction of sp³-hybridized carbons (Fsp3) is 0.909. The Morgan fingerprint density at radius 3 is 2.57 bits per heavy atom. The average molecular weight is 196 g/mol. The molecule has 2 bridgehead atoms. The van der Waals surface area contributed by atoms with Crippen LogP contribution in [0, 0.1) is 11.8 Å². The highest BCUT2D eigenvalue weighted by Crippen LogP contribution is 2.57. The van der Waals surface area contributed by atoms with Crippen molar-refractivity contribution >= 4 is 5.97 Å². The Morgan fingerprint density at radius 1 is 1.36 bits per heavy atom. The highest BCUT2D eigenvalue weighted by Gasteiger charge is 2.64. The highest BCUT2D eigenvalue weighted by atomic mass is 16.7. The summed E-state index contributed by atoms with van der Waals surface area (Å²) in [7, 11) is 1.44. The first-order chi connectivity index (χ1) is 6.73. The molecule has 1 saturated heterocycles. The number of carbonyl (C=O) groups excluding carboxylic acids is 1. The molecule has 1 spiro atoms. The number of methoxy groups -OCH3 is 1. The number of ether oxygens (including phenoxy) is 2. The lowest BCUT2D eigenvalue weighted by Gasteiger charge is -2.24. The number of hydrogen-bond donors (Lipinski definition) is 0. The van der Waals surface area contributed by atoms with Gasteiger partial charge in [-0.1, -0.05) is 12.8 Å². The summed E-state index contributed by atoms with van der Waals surface area (Å²) in [6, 6.07) is 0. The van der Waals surface area contributed by atoms with Crippen LogP contribution in [-0.4, -0.2) is 24.8 Å². The molecular formula is C11H16O3. The summed E-state index contributed by atoms with van der Waals surface area (Å²) in [6.07, 6.45) is 5.97. The maximum absolute atomic E-state index is 11.3. The Morgan fingerprint density at radius 2 is 2.00 bits per heavy atom. The van der Waals surface area contributed by atoms with Crippen LogP contribution in [0.1, 0.15) is 32.1 Å². The predicted molar refractivity (Wildman–Crippen MR) is 49.7 cm³/mol. The molecule has 0 aromatic carbocycles. The van der Waals surface area contributed by atoms with Crippen molar-refractivity contribution in [1.29, 1.82) is 0 Å². The van der Waals surface area contributed by atoms with Gasteiger partial charge in [-0.3, -0.25) is 0 Å². The predicted octanol–water partition coefficient (Wildman–Crippen LogP) is 1.51. The molecule has 0 amide bonds. The van der Waals surface area contributed by atoms with Crippen LogP contribution in [0.3, 0.4) is 0 Å². The van der Waals surface area contributed by atoms with E-state index < -0.39 is 0 Å². The van der Waals surface area contributed by atoms with Crippen molar-refractivity contribution in [1.82, 2.24) is 0 Å². The van der Waals surface area contributed by atoms with Crippen molar-refractivity contribution in [3.8, 4) is 0 Å². The smallest absolute Gasteiger partial charge is 0.338 e. The van der Waals surface area contributed by atoms with E-state index in [1.807, 2.05) is 0 Å². The third-order valence-electron chi connectivity index (χ3n) is 4.11. The van der Waals surface area contributed by atoms with Gasteiger partial charge in [-0.25, -0.2) is 4.79 Å². The van der Waals surface area contributed by atoms with Crippen molar-refractivity contribution in [3.63, 3.8) is 0 Å². The molecule has 3 heteroatoms. The molecule has 4 atom stereocenters. The summed E-state index contributed by atoms with van der Waals surface area (Å²) in [6.45, 7) is 0. The second kappa shape index (κ2) is 2.72. The number of epoxide rings is 1. The van der Waals surface area contributed by atoms with Gasteiger partial charge in [0.2, 0.25) is 0 Å². The van der Waals surface area contributed by atoms with Crippen LogP contribution >= 0.6 is 0 Å². The topological polar surface area (TPSA) is 38.8 Å². The summed E-state index contributed by atoms with van der Waals surface area (Å²) in [5, 5.41) is 0. The molecule has 2 unspecified atom stereocenters. The zero-order valence-electron chi connectivity index (χ0n) is 8.49. The van der Waals surface area contributed by atoms with Gasteiger partial charge < -0.3 is 9.47 Å². The maximum atomic E-state index is 11.3. The molecule has 3 rings (SSSR count). The Bertz CT molecular complexity index is 262. The van der Waals surface area contributed by atoms with Gasteiger partial charge in [0.15, 0.2) is 6.10 Å².